The largest absolute Gasteiger partial charge is 0.218 e. The van der Waals surface area contributed by atoms with Gasteiger partial charge in [-0.15, -0.1) is 0 Å². The summed E-state index contributed by atoms with van der Waals surface area (Å²) in [6.45, 7) is 0. The van der Waals surface area contributed by atoms with Gasteiger partial charge in [0.05, 0.1) is 9.79 Å². The maximum absolute atomic E-state index is 13.1. The van der Waals surface area contributed by atoms with E-state index in [0.717, 1.165) is 11.1 Å². The summed E-state index contributed by atoms with van der Waals surface area (Å²) in [5, 5.41) is 0. The van der Waals surface area contributed by atoms with Gasteiger partial charge in [-0.2, -0.15) is 0 Å². The lowest BCUT2D eigenvalue weighted by atomic mass is 10.1. The zero-order chi connectivity index (χ0) is 16.7. The van der Waals surface area contributed by atoms with E-state index in [1.165, 1.54) is 0 Å². The number of halogens is 2. The summed E-state index contributed by atoms with van der Waals surface area (Å²) < 4.78 is 30.1. The van der Waals surface area contributed by atoms with Gasteiger partial charge in [0, 0.05) is 0 Å². The van der Waals surface area contributed by atoms with E-state index in [0.29, 0.717) is 22.6 Å². The van der Waals surface area contributed by atoms with Crippen molar-refractivity contribution in [2.75, 3.05) is 0 Å². The molecule has 23 heavy (non-hydrogen) atoms. The number of benzene rings is 2. The molecule has 0 aliphatic carbocycles. The van der Waals surface area contributed by atoms with E-state index in [1.54, 1.807) is 24.3 Å². The number of hydrogen-bond donors (Lipinski definition) is 0. The molecule has 0 amide bonds. The molecule has 120 valence electrons. The van der Waals surface area contributed by atoms with Gasteiger partial charge in [0.25, 0.3) is 0 Å². The lowest BCUT2D eigenvalue weighted by Crippen LogP contribution is -2.08. The van der Waals surface area contributed by atoms with Gasteiger partial charge in [0.15, 0.2) is 0 Å². The highest BCUT2D eigenvalue weighted by Crippen LogP contribution is 2.27. The topological polar surface area (TPSA) is 34.1 Å². The highest BCUT2D eigenvalue weighted by molar-refractivity contribution is 14.1. The summed E-state index contributed by atoms with van der Waals surface area (Å²) in [5.74, 6) is 0. The van der Waals surface area contributed by atoms with Crippen LogP contribution in [-0.4, -0.2) is 8.42 Å². The van der Waals surface area contributed by atoms with Crippen LogP contribution in [0.3, 0.4) is 0 Å². The minimum atomic E-state index is -3.53. The molecule has 0 saturated heterocycles. The quantitative estimate of drug-likeness (QED) is 0.446. The van der Waals surface area contributed by atoms with Crippen molar-refractivity contribution in [1.29, 1.82) is 0 Å². The zero-order valence-electron chi connectivity index (χ0n) is 12.3. The van der Waals surface area contributed by atoms with Crippen molar-refractivity contribution in [2.24, 2.45) is 0 Å². The molecule has 0 saturated carbocycles. The summed E-state index contributed by atoms with van der Waals surface area (Å²) in [6.07, 6.45) is 5.13. The highest BCUT2D eigenvalue weighted by atomic mass is 127. The van der Waals surface area contributed by atoms with Crippen LogP contribution in [0.15, 0.2) is 78.6 Å². The molecular weight excluding hydrogens is 534 g/mol. The van der Waals surface area contributed by atoms with E-state index in [-0.39, 0.29) is 0 Å². The van der Waals surface area contributed by atoms with Crippen molar-refractivity contribution in [3.63, 3.8) is 0 Å². The SMILES string of the molecule is O=S(=O)(c1ccccc1CC=CI)c1ccccc1CC=CI. The monoisotopic (exact) mass is 550 g/mol. The van der Waals surface area contributed by atoms with Gasteiger partial charge in [-0.1, -0.05) is 93.7 Å². The molecule has 0 fully saturated rings. The molecular formula is C18H16I2O2S. The Hall–Kier alpha value is -0.670. The molecule has 2 aromatic rings. The first-order chi connectivity index (χ1) is 11.1. The Bertz CT molecular complexity index is 761. The average molecular weight is 550 g/mol. The van der Waals surface area contributed by atoms with Gasteiger partial charge in [-0.3, -0.25) is 0 Å². The van der Waals surface area contributed by atoms with E-state index >= 15 is 0 Å². The molecule has 0 aliphatic heterocycles. The van der Waals surface area contributed by atoms with Crippen LogP contribution in [0.4, 0.5) is 0 Å². The van der Waals surface area contributed by atoms with Gasteiger partial charge in [-0.25, -0.2) is 8.42 Å². The lowest BCUT2D eigenvalue weighted by Gasteiger charge is -2.12. The Kier molecular flexibility index (Phi) is 7.29. The van der Waals surface area contributed by atoms with Gasteiger partial charge < -0.3 is 0 Å². The van der Waals surface area contributed by atoms with Crippen LogP contribution in [-0.2, 0) is 22.7 Å². The summed E-state index contributed by atoms with van der Waals surface area (Å²) in [4.78, 5) is 0.779. The van der Waals surface area contributed by atoms with Crippen LogP contribution in [0.2, 0.25) is 0 Å². The zero-order valence-corrected chi connectivity index (χ0v) is 17.5. The van der Waals surface area contributed by atoms with Gasteiger partial charge in [0.2, 0.25) is 9.84 Å². The van der Waals surface area contributed by atoms with Crippen LogP contribution in [0.25, 0.3) is 0 Å². The second kappa shape index (κ2) is 8.98. The number of rotatable bonds is 6. The maximum Gasteiger partial charge on any atom is 0.207 e. The molecule has 0 aromatic heterocycles. The first-order valence-electron chi connectivity index (χ1n) is 7.02. The maximum atomic E-state index is 13.1. The first-order valence-corrected chi connectivity index (χ1v) is 11.0. The van der Waals surface area contributed by atoms with Gasteiger partial charge >= 0.3 is 0 Å². The molecule has 2 rings (SSSR count). The summed E-state index contributed by atoms with van der Waals surface area (Å²) in [5.41, 5.74) is 1.64. The number of sulfone groups is 1. The summed E-state index contributed by atoms with van der Waals surface area (Å²) >= 11 is 4.28. The minimum absolute atomic E-state index is 0.389. The molecule has 0 radical (unpaired) electrons. The van der Waals surface area contributed by atoms with E-state index in [1.807, 2.05) is 44.6 Å². The molecule has 0 aliphatic rings. The van der Waals surface area contributed by atoms with Crippen LogP contribution in [0.1, 0.15) is 11.1 Å². The summed E-state index contributed by atoms with van der Waals surface area (Å²) in [6, 6.07) is 14.4. The predicted molar refractivity (Wildman–Crippen MR) is 112 cm³/mol. The first kappa shape index (κ1) is 18.7. The van der Waals surface area contributed by atoms with Crippen LogP contribution in [0.5, 0.6) is 0 Å². The van der Waals surface area contributed by atoms with Crippen LogP contribution in [0, 0.1) is 0 Å². The lowest BCUT2D eigenvalue weighted by molar-refractivity contribution is 0.594. The van der Waals surface area contributed by atoms with Crippen molar-refractivity contribution in [1.82, 2.24) is 0 Å². The standard InChI is InChI=1S/C18H16I2O2S/c19-13-5-9-15-7-1-3-11-17(15)23(21,22)18-12-4-2-8-16(18)10-6-14-20/h1-8,11-14H,9-10H2. The number of allylic oxidation sites excluding steroid dienone is 2. The molecule has 5 heteroatoms. The van der Waals surface area contributed by atoms with Gasteiger partial charge in [0.1, 0.15) is 0 Å². The van der Waals surface area contributed by atoms with E-state index in [2.05, 4.69) is 45.2 Å². The Labute approximate surface area is 164 Å². The molecule has 0 N–H and O–H groups in total. The normalized spacial score (nSPS) is 12.3. The Morgan fingerprint density at radius 3 is 1.52 bits per heavy atom. The van der Waals surface area contributed by atoms with Crippen molar-refractivity contribution in [3.05, 3.63) is 80.0 Å². The fourth-order valence-corrected chi connectivity index (χ4v) is 4.58. The van der Waals surface area contributed by atoms with Gasteiger partial charge in [-0.05, 0) is 44.3 Å². The second-order valence-corrected chi connectivity index (χ2v) is 8.18. The molecule has 0 spiro atoms. The highest BCUT2D eigenvalue weighted by Gasteiger charge is 2.22. The van der Waals surface area contributed by atoms with Crippen molar-refractivity contribution in [2.45, 2.75) is 22.6 Å². The molecule has 2 nitrogen and oxygen atoms in total. The Balaban J connectivity index is 2.56. The van der Waals surface area contributed by atoms with E-state index < -0.39 is 9.84 Å². The predicted octanol–water partition coefficient (Wildman–Crippen LogP) is 5.50. The molecule has 0 atom stereocenters. The number of hydrogen-bond acceptors (Lipinski definition) is 2. The van der Waals surface area contributed by atoms with E-state index in [4.69, 9.17) is 0 Å². The van der Waals surface area contributed by atoms with Crippen molar-refractivity contribution in [3.8, 4) is 0 Å². The molecule has 0 unspecified atom stereocenters. The van der Waals surface area contributed by atoms with E-state index in [9.17, 15) is 8.42 Å². The minimum Gasteiger partial charge on any atom is -0.218 e. The smallest absolute Gasteiger partial charge is 0.207 e. The molecule has 2 aromatic carbocycles. The fourth-order valence-electron chi connectivity index (χ4n) is 2.33. The van der Waals surface area contributed by atoms with Crippen LogP contribution < -0.4 is 0 Å². The third-order valence-electron chi connectivity index (χ3n) is 3.38. The second-order valence-electron chi connectivity index (χ2n) is 4.85. The summed E-state index contributed by atoms with van der Waals surface area (Å²) in [7, 11) is -3.53. The van der Waals surface area contributed by atoms with Crippen molar-refractivity contribution < 1.29 is 8.42 Å². The molecule has 0 heterocycles. The third kappa shape index (κ3) is 4.67. The third-order valence-corrected chi connectivity index (χ3v) is 6.35. The Morgan fingerprint density at radius 1 is 0.739 bits per heavy atom. The Morgan fingerprint density at radius 2 is 1.13 bits per heavy atom. The average Bonchev–Trinajstić information content (AvgIpc) is 2.58. The van der Waals surface area contributed by atoms with Crippen LogP contribution >= 0.6 is 45.2 Å². The molecule has 0 bridgehead atoms. The van der Waals surface area contributed by atoms with Crippen molar-refractivity contribution >= 4 is 55.0 Å². The fraction of sp³-hybridized carbons (Fsp3) is 0.111.